The minimum Gasteiger partial charge on any atom is -0.336 e. The van der Waals surface area contributed by atoms with Crippen LogP contribution in [0.25, 0.3) is 0 Å². The lowest BCUT2D eigenvalue weighted by Gasteiger charge is -2.16. The molecule has 0 aliphatic heterocycles. The van der Waals surface area contributed by atoms with Crippen molar-refractivity contribution in [3.63, 3.8) is 0 Å². The van der Waals surface area contributed by atoms with Crippen molar-refractivity contribution in [2.24, 2.45) is 7.05 Å². The van der Waals surface area contributed by atoms with E-state index in [9.17, 15) is 13.2 Å². The number of halogens is 3. The van der Waals surface area contributed by atoms with E-state index in [4.69, 9.17) is 0 Å². The van der Waals surface area contributed by atoms with Gasteiger partial charge in [-0.15, -0.1) is 0 Å². The summed E-state index contributed by atoms with van der Waals surface area (Å²) in [5, 5.41) is 2.90. The molecule has 1 heterocycles. The Kier molecular flexibility index (Phi) is 3.38. The molecule has 1 aromatic carbocycles. The van der Waals surface area contributed by atoms with Gasteiger partial charge in [0.2, 0.25) is 0 Å². The Bertz CT molecular complexity index is 542. The standard InChI is InChI=1S/C12H12F3N3/c1-16-11(12-17-3-4-18(12)2)7-5-8(13)10(15)9(14)6-7/h3-6,11,16H,1-2H3. The van der Waals surface area contributed by atoms with Gasteiger partial charge in [-0.2, -0.15) is 0 Å². The number of hydrogen-bond donors (Lipinski definition) is 1. The van der Waals surface area contributed by atoms with Crippen LogP contribution < -0.4 is 5.32 Å². The molecule has 1 unspecified atom stereocenters. The Morgan fingerprint density at radius 3 is 2.28 bits per heavy atom. The minimum absolute atomic E-state index is 0.281. The molecule has 1 atom stereocenters. The SMILES string of the molecule is CNC(c1cc(F)c(F)c(F)c1)c1nccn1C. The zero-order valence-corrected chi connectivity index (χ0v) is 9.92. The molecule has 0 bridgehead atoms. The second-order valence-electron chi connectivity index (χ2n) is 3.92. The van der Waals surface area contributed by atoms with Gasteiger partial charge in [0, 0.05) is 19.4 Å². The van der Waals surface area contributed by atoms with Crippen molar-refractivity contribution in [3.8, 4) is 0 Å². The highest BCUT2D eigenvalue weighted by Gasteiger charge is 2.20. The predicted octanol–water partition coefficient (Wildman–Crippen LogP) is 2.15. The molecule has 2 aromatic rings. The molecule has 18 heavy (non-hydrogen) atoms. The molecule has 0 aliphatic carbocycles. The molecule has 3 nitrogen and oxygen atoms in total. The zero-order chi connectivity index (χ0) is 13.3. The molecule has 2 rings (SSSR count). The smallest absolute Gasteiger partial charge is 0.194 e. The van der Waals surface area contributed by atoms with Gasteiger partial charge in [-0.05, 0) is 24.7 Å². The number of benzene rings is 1. The van der Waals surface area contributed by atoms with E-state index >= 15 is 0 Å². The molecular weight excluding hydrogens is 243 g/mol. The largest absolute Gasteiger partial charge is 0.336 e. The monoisotopic (exact) mass is 255 g/mol. The van der Waals surface area contributed by atoms with Gasteiger partial charge in [0.25, 0.3) is 0 Å². The maximum Gasteiger partial charge on any atom is 0.194 e. The molecule has 1 N–H and O–H groups in total. The number of aromatic nitrogens is 2. The van der Waals surface area contributed by atoms with Crippen molar-refractivity contribution in [2.45, 2.75) is 6.04 Å². The van der Waals surface area contributed by atoms with Crippen molar-refractivity contribution >= 4 is 0 Å². The van der Waals surface area contributed by atoms with Crippen LogP contribution in [0.3, 0.4) is 0 Å². The van der Waals surface area contributed by atoms with Gasteiger partial charge in [0.05, 0.1) is 6.04 Å². The first-order valence-corrected chi connectivity index (χ1v) is 5.33. The van der Waals surface area contributed by atoms with Crippen LogP contribution in [-0.4, -0.2) is 16.6 Å². The highest BCUT2D eigenvalue weighted by atomic mass is 19.2. The highest BCUT2D eigenvalue weighted by molar-refractivity contribution is 5.27. The topological polar surface area (TPSA) is 29.9 Å². The lowest BCUT2D eigenvalue weighted by Crippen LogP contribution is -2.21. The summed E-state index contributed by atoms with van der Waals surface area (Å²) in [4.78, 5) is 4.11. The quantitative estimate of drug-likeness (QED) is 0.852. The summed E-state index contributed by atoms with van der Waals surface area (Å²) < 4.78 is 41.0. The maximum absolute atomic E-state index is 13.2. The number of aryl methyl sites for hydroxylation is 1. The molecule has 0 saturated carbocycles. The van der Waals surface area contributed by atoms with E-state index in [1.54, 1.807) is 31.1 Å². The van der Waals surface area contributed by atoms with E-state index in [1.807, 2.05) is 0 Å². The van der Waals surface area contributed by atoms with Gasteiger partial charge < -0.3 is 9.88 Å². The summed E-state index contributed by atoms with van der Waals surface area (Å²) in [6.07, 6.45) is 3.30. The van der Waals surface area contributed by atoms with E-state index in [0.717, 1.165) is 12.1 Å². The van der Waals surface area contributed by atoms with Gasteiger partial charge in [0.1, 0.15) is 5.82 Å². The number of hydrogen-bond acceptors (Lipinski definition) is 2. The van der Waals surface area contributed by atoms with Crippen LogP contribution in [0.15, 0.2) is 24.5 Å². The Morgan fingerprint density at radius 1 is 1.22 bits per heavy atom. The second kappa shape index (κ2) is 4.81. The number of nitrogens with zero attached hydrogens (tertiary/aromatic N) is 2. The zero-order valence-electron chi connectivity index (χ0n) is 9.92. The van der Waals surface area contributed by atoms with Crippen molar-refractivity contribution in [3.05, 3.63) is 53.4 Å². The molecule has 0 radical (unpaired) electrons. The Balaban J connectivity index is 2.49. The van der Waals surface area contributed by atoms with E-state index in [2.05, 4.69) is 10.3 Å². The van der Waals surface area contributed by atoms with Crippen molar-refractivity contribution < 1.29 is 13.2 Å². The summed E-state index contributed by atoms with van der Waals surface area (Å²) in [7, 11) is 3.40. The number of nitrogens with one attached hydrogen (secondary N) is 1. The predicted molar refractivity (Wildman–Crippen MR) is 60.4 cm³/mol. The fourth-order valence-electron chi connectivity index (χ4n) is 1.84. The minimum atomic E-state index is -1.46. The number of imidazole rings is 1. The Hall–Kier alpha value is -1.82. The first-order chi connectivity index (χ1) is 8.54. The van der Waals surface area contributed by atoms with E-state index in [1.165, 1.54) is 0 Å². The summed E-state index contributed by atoms with van der Waals surface area (Å²) in [6.45, 7) is 0. The van der Waals surface area contributed by atoms with Crippen molar-refractivity contribution in [2.75, 3.05) is 7.05 Å². The van der Waals surface area contributed by atoms with Gasteiger partial charge in [-0.25, -0.2) is 18.2 Å². The first kappa shape index (κ1) is 12.6. The third-order valence-corrected chi connectivity index (χ3v) is 2.74. The fourth-order valence-corrected chi connectivity index (χ4v) is 1.84. The van der Waals surface area contributed by atoms with Crippen LogP contribution in [0.2, 0.25) is 0 Å². The molecule has 0 spiro atoms. The van der Waals surface area contributed by atoms with Crippen molar-refractivity contribution in [1.82, 2.24) is 14.9 Å². The second-order valence-corrected chi connectivity index (χ2v) is 3.92. The Labute approximate surface area is 102 Å². The average molecular weight is 255 g/mol. The summed E-state index contributed by atoms with van der Waals surface area (Å²) in [5.41, 5.74) is 0.281. The fraction of sp³-hybridized carbons (Fsp3) is 0.250. The maximum atomic E-state index is 13.2. The molecule has 96 valence electrons. The van der Waals surface area contributed by atoms with Crippen LogP contribution in [0, 0.1) is 17.5 Å². The van der Waals surface area contributed by atoms with Gasteiger partial charge >= 0.3 is 0 Å². The third-order valence-electron chi connectivity index (χ3n) is 2.74. The molecule has 0 amide bonds. The number of rotatable bonds is 3. The van der Waals surface area contributed by atoms with Crippen LogP contribution in [0.1, 0.15) is 17.4 Å². The van der Waals surface area contributed by atoms with E-state index in [0.29, 0.717) is 5.82 Å². The molecule has 0 aliphatic rings. The van der Waals surface area contributed by atoms with Crippen LogP contribution in [0.4, 0.5) is 13.2 Å². The molecule has 6 heteroatoms. The summed E-state index contributed by atoms with van der Waals surface area (Å²) in [5.74, 6) is -3.30. The Morgan fingerprint density at radius 2 is 1.83 bits per heavy atom. The lowest BCUT2D eigenvalue weighted by molar-refractivity contribution is 0.442. The summed E-state index contributed by atoms with van der Waals surface area (Å²) in [6, 6.07) is 1.43. The van der Waals surface area contributed by atoms with Crippen molar-refractivity contribution in [1.29, 1.82) is 0 Å². The molecular formula is C12H12F3N3. The van der Waals surface area contributed by atoms with Crippen LogP contribution in [-0.2, 0) is 7.05 Å². The molecule has 0 saturated heterocycles. The highest BCUT2D eigenvalue weighted by Crippen LogP contribution is 2.23. The van der Waals surface area contributed by atoms with Gasteiger partial charge in [-0.3, -0.25) is 0 Å². The van der Waals surface area contributed by atoms with E-state index < -0.39 is 23.5 Å². The lowest BCUT2D eigenvalue weighted by atomic mass is 10.1. The molecule has 1 aromatic heterocycles. The normalized spacial score (nSPS) is 12.7. The van der Waals surface area contributed by atoms with Gasteiger partial charge in [-0.1, -0.05) is 0 Å². The van der Waals surface area contributed by atoms with Crippen LogP contribution >= 0.6 is 0 Å². The molecule has 0 fully saturated rings. The average Bonchev–Trinajstić information content (AvgIpc) is 2.74. The van der Waals surface area contributed by atoms with Crippen LogP contribution in [0.5, 0.6) is 0 Å². The first-order valence-electron chi connectivity index (χ1n) is 5.33. The van der Waals surface area contributed by atoms with E-state index in [-0.39, 0.29) is 5.56 Å². The summed E-state index contributed by atoms with van der Waals surface area (Å²) >= 11 is 0. The van der Waals surface area contributed by atoms with Gasteiger partial charge in [0.15, 0.2) is 17.5 Å². The third kappa shape index (κ3) is 2.11.